The van der Waals surface area contributed by atoms with Gasteiger partial charge >= 0.3 is 5.97 Å². The molecule has 1 aliphatic rings. The van der Waals surface area contributed by atoms with Crippen LogP contribution >= 0.6 is 0 Å². The third kappa shape index (κ3) is 3.04. The zero-order chi connectivity index (χ0) is 18.8. The van der Waals surface area contributed by atoms with Crippen LogP contribution in [-0.4, -0.2) is 13.1 Å². The number of methoxy groups -OCH3 is 1. The highest BCUT2D eigenvalue weighted by atomic mass is 16.5. The first-order valence-corrected chi connectivity index (χ1v) is 9.23. The van der Waals surface area contributed by atoms with Gasteiger partial charge in [-0.2, -0.15) is 0 Å². The fourth-order valence-corrected chi connectivity index (χ4v) is 3.94. The fourth-order valence-electron chi connectivity index (χ4n) is 3.94. The quantitative estimate of drug-likeness (QED) is 0.592. The van der Waals surface area contributed by atoms with Gasteiger partial charge in [0.2, 0.25) is 0 Å². The van der Waals surface area contributed by atoms with E-state index in [4.69, 9.17) is 9.47 Å². The number of hydrogen-bond acceptors (Lipinski definition) is 3. The van der Waals surface area contributed by atoms with Crippen LogP contribution in [0.1, 0.15) is 45.6 Å². The minimum atomic E-state index is -0.295. The molecule has 0 aromatic heterocycles. The Morgan fingerprint density at radius 3 is 2.37 bits per heavy atom. The van der Waals surface area contributed by atoms with Gasteiger partial charge in [-0.1, -0.05) is 67.6 Å². The summed E-state index contributed by atoms with van der Waals surface area (Å²) in [5.41, 5.74) is 6.98. The SMILES string of the molecule is CCc1c2c(cc(-c3ccccc3)c1C(=O)OC)C(c1ccccc1)OC2. The van der Waals surface area contributed by atoms with Crippen LogP contribution in [0.3, 0.4) is 0 Å². The Balaban J connectivity index is 1.97. The highest BCUT2D eigenvalue weighted by Gasteiger charge is 2.31. The molecule has 0 bridgehead atoms. The zero-order valence-electron chi connectivity index (χ0n) is 15.6. The Hall–Kier alpha value is -2.91. The average Bonchev–Trinajstić information content (AvgIpc) is 3.17. The highest BCUT2D eigenvalue weighted by Crippen LogP contribution is 2.42. The summed E-state index contributed by atoms with van der Waals surface area (Å²) in [5, 5.41) is 0. The number of hydrogen-bond donors (Lipinski definition) is 0. The molecule has 27 heavy (non-hydrogen) atoms. The Labute approximate surface area is 159 Å². The van der Waals surface area contributed by atoms with Crippen molar-refractivity contribution in [1.29, 1.82) is 0 Å². The van der Waals surface area contributed by atoms with Crippen LogP contribution in [0.4, 0.5) is 0 Å². The Morgan fingerprint density at radius 2 is 1.74 bits per heavy atom. The summed E-state index contributed by atoms with van der Waals surface area (Å²) in [6.07, 6.45) is 0.638. The minimum absolute atomic E-state index is 0.111. The minimum Gasteiger partial charge on any atom is -0.465 e. The molecule has 1 unspecified atom stereocenters. The van der Waals surface area contributed by atoms with Crippen molar-refractivity contribution < 1.29 is 14.3 Å². The predicted octanol–water partition coefficient (Wildman–Crippen LogP) is 5.32. The van der Waals surface area contributed by atoms with Gasteiger partial charge in [-0.25, -0.2) is 4.79 Å². The summed E-state index contributed by atoms with van der Waals surface area (Å²) in [6.45, 7) is 2.59. The first-order valence-electron chi connectivity index (χ1n) is 9.23. The molecule has 0 aliphatic carbocycles. The van der Waals surface area contributed by atoms with Crippen molar-refractivity contribution in [2.75, 3.05) is 7.11 Å². The van der Waals surface area contributed by atoms with E-state index in [-0.39, 0.29) is 12.1 Å². The standard InChI is InChI=1S/C24H22O3/c1-3-18-21-15-27-23(17-12-8-5-9-13-17)20(21)14-19(22(18)24(25)26-2)16-10-6-4-7-11-16/h4-14,23H,3,15H2,1-2H3. The van der Waals surface area contributed by atoms with E-state index in [1.54, 1.807) is 0 Å². The van der Waals surface area contributed by atoms with E-state index < -0.39 is 0 Å². The molecule has 3 aromatic carbocycles. The maximum absolute atomic E-state index is 12.7. The van der Waals surface area contributed by atoms with E-state index in [1.807, 2.05) is 48.5 Å². The van der Waals surface area contributed by atoms with Crippen molar-refractivity contribution in [2.24, 2.45) is 0 Å². The highest BCUT2D eigenvalue weighted by molar-refractivity contribution is 5.99. The molecule has 0 N–H and O–H groups in total. The normalized spacial score (nSPS) is 15.4. The molecule has 4 rings (SSSR count). The summed E-state index contributed by atoms with van der Waals surface area (Å²) in [5.74, 6) is -0.295. The smallest absolute Gasteiger partial charge is 0.338 e. The number of carbonyl (C=O) groups excluding carboxylic acids is 1. The molecule has 0 saturated heterocycles. The summed E-state index contributed by atoms with van der Waals surface area (Å²) < 4.78 is 11.3. The van der Waals surface area contributed by atoms with Crippen molar-refractivity contribution in [1.82, 2.24) is 0 Å². The summed E-state index contributed by atoms with van der Waals surface area (Å²) in [6, 6.07) is 22.3. The second-order valence-electron chi connectivity index (χ2n) is 6.66. The molecule has 3 nitrogen and oxygen atoms in total. The molecule has 0 fully saturated rings. The van der Waals surface area contributed by atoms with Gasteiger partial charge in [0, 0.05) is 0 Å². The van der Waals surface area contributed by atoms with Crippen LogP contribution < -0.4 is 0 Å². The maximum Gasteiger partial charge on any atom is 0.338 e. The molecular weight excluding hydrogens is 336 g/mol. The predicted molar refractivity (Wildman–Crippen MR) is 106 cm³/mol. The molecular formula is C24H22O3. The molecule has 0 radical (unpaired) electrons. The first kappa shape index (κ1) is 17.5. The maximum atomic E-state index is 12.7. The fraction of sp³-hybridized carbons (Fsp3) is 0.208. The van der Waals surface area contributed by atoms with Crippen molar-refractivity contribution in [3.8, 4) is 11.1 Å². The van der Waals surface area contributed by atoms with Crippen LogP contribution in [0.25, 0.3) is 11.1 Å². The van der Waals surface area contributed by atoms with Crippen LogP contribution in [0.2, 0.25) is 0 Å². The Morgan fingerprint density at radius 1 is 1.07 bits per heavy atom. The number of benzene rings is 3. The third-order valence-corrected chi connectivity index (χ3v) is 5.19. The summed E-state index contributed by atoms with van der Waals surface area (Å²) >= 11 is 0. The van der Waals surface area contributed by atoms with Gasteiger partial charge in [0.05, 0.1) is 19.3 Å². The zero-order valence-corrected chi connectivity index (χ0v) is 15.6. The number of rotatable bonds is 4. The van der Waals surface area contributed by atoms with Gasteiger partial charge < -0.3 is 9.47 Å². The van der Waals surface area contributed by atoms with Crippen LogP contribution in [0.15, 0.2) is 66.7 Å². The van der Waals surface area contributed by atoms with Crippen LogP contribution in [0.5, 0.6) is 0 Å². The molecule has 3 heteroatoms. The summed E-state index contributed by atoms with van der Waals surface area (Å²) in [7, 11) is 1.44. The Bertz CT molecular complexity index is 962. The number of carbonyl (C=O) groups is 1. The topological polar surface area (TPSA) is 35.5 Å². The van der Waals surface area contributed by atoms with E-state index in [9.17, 15) is 4.79 Å². The molecule has 1 heterocycles. The lowest BCUT2D eigenvalue weighted by Crippen LogP contribution is -2.11. The van der Waals surface area contributed by atoms with Gasteiger partial charge in [-0.05, 0) is 45.9 Å². The van der Waals surface area contributed by atoms with Crippen molar-refractivity contribution in [3.05, 3.63) is 94.5 Å². The lowest BCUT2D eigenvalue weighted by Gasteiger charge is -2.18. The van der Waals surface area contributed by atoms with E-state index in [2.05, 4.69) is 25.1 Å². The molecule has 136 valence electrons. The molecule has 1 atom stereocenters. The number of esters is 1. The van der Waals surface area contributed by atoms with Crippen LogP contribution in [0, 0.1) is 0 Å². The number of fused-ring (bicyclic) bond motifs is 1. The van der Waals surface area contributed by atoms with Crippen molar-refractivity contribution in [3.63, 3.8) is 0 Å². The van der Waals surface area contributed by atoms with Crippen LogP contribution in [-0.2, 0) is 22.5 Å². The van der Waals surface area contributed by atoms with E-state index in [0.717, 1.165) is 39.8 Å². The molecule has 0 amide bonds. The van der Waals surface area contributed by atoms with Crippen molar-refractivity contribution >= 4 is 5.97 Å². The van der Waals surface area contributed by atoms with Gasteiger partial charge in [0.1, 0.15) is 6.10 Å². The molecule has 0 spiro atoms. The van der Waals surface area contributed by atoms with E-state index in [0.29, 0.717) is 12.2 Å². The molecule has 1 aliphatic heterocycles. The molecule has 0 saturated carbocycles. The average molecular weight is 358 g/mol. The van der Waals surface area contributed by atoms with Gasteiger partial charge in [0.15, 0.2) is 0 Å². The van der Waals surface area contributed by atoms with E-state index >= 15 is 0 Å². The lowest BCUT2D eigenvalue weighted by molar-refractivity contribution is 0.0600. The first-order chi connectivity index (χ1) is 13.2. The Kier molecular flexibility index (Phi) is 4.78. The number of ether oxygens (including phenoxy) is 2. The second-order valence-corrected chi connectivity index (χ2v) is 6.66. The van der Waals surface area contributed by atoms with Gasteiger partial charge in [-0.3, -0.25) is 0 Å². The van der Waals surface area contributed by atoms with Gasteiger partial charge in [-0.15, -0.1) is 0 Å². The van der Waals surface area contributed by atoms with Gasteiger partial charge in [0.25, 0.3) is 0 Å². The lowest BCUT2D eigenvalue weighted by atomic mass is 9.86. The largest absolute Gasteiger partial charge is 0.465 e. The van der Waals surface area contributed by atoms with Crippen molar-refractivity contribution in [2.45, 2.75) is 26.1 Å². The monoisotopic (exact) mass is 358 g/mol. The third-order valence-electron chi connectivity index (χ3n) is 5.19. The second kappa shape index (κ2) is 7.37. The summed E-state index contributed by atoms with van der Waals surface area (Å²) in [4.78, 5) is 12.7. The van der Waals surface area contributed by atoms with E-state index in [1.165, 1.54) is 7.11 Å². The molecule has 3 aromatic rings.